The molecular formula is C10H10ClFN2O3. The Kier molecular flexibility index (Phi) is 2.71. The molecule has 1 saturated heterocycles. The highest BCUT2D eigenvalue weighted by Crippen LogP contribution is 2.37. The number of hydrogen-bond donors (Lipinski definition) is 1. The summed E-state index contributed by atoms with van der Waals surface area (Å²) in [4.78, 5) is 11.7. The summed E-state index contributed by atoms with van der Waals surface area (Å²) in [7, 11) is 0. The van der Waals surface area contributed by atoms with E-state index in [2.05, 4.69) is 0 Å². The Morgan fingerprint density at radius 2 is 2.18 bits per heavy atom. The lowest BCUT2D eigenvalue weighted by atomic mass is 9.96. The van der Waals surface area contributed by atoms with Crippen LogP contribution < -0.4 is 4.90 Å². The molecule has 7 heteroatoms. The summed E-state index contributed by atoms with van der Waals surface area (Å²) in [5.41, 5.74) is -1.00. The van der Waals surface area contributed by atoms with Crippen molar-refractivity contribution >= 4 is 23.0 Å². The molecule has 1 aliphatic rings. The third-order valence-corrected chi connectivity index (χ3v) is 2.91. The predicted molar refractivity (Wildman–Crippen MR) is 60.9 cm³/mol. The average Bonchev–Trinajstić information content (AvgIpc) is 2.17. The molecule has 0 radical (unpaired) electrons. The number of benzene rings is 1. The van der Waals surface area contributed by atoms with E-state index in [0.717, 1.165) is 12.1 Å². The quantitative estimate of drug-likeness (QED) is 0.652. The van der Waals surface area contributed by atoms with Gasteiger partial charge in [0, 0.05) is 25.2 Å². The van der Waals surface area contributed by atoms with E-state index >= 15 is 0 Å². The van der Waals surface area contributed by atoms with E-state index in [9.17, 15) is 19.6 Å². The van der Waals surface area contributed by atoms with E-state index in [4.69, 9.17) is 11.6 Å². The molecule has 92 valence electrons. The van der Waals surface area contributed by atoms with Crippen LogP contribution >= 0.6 is 11.6 Å². The monoisotopic (exact) mass is 260 g/mol. The first kappa shape index (κ1) is 12.1. The lowest BCUT2D eigenvalue weighted by Gasteiger charge is -2.45. The van der Waals surface area contributed by atoms with Crippen LogP contribution in [0, 0.1) is 15.9 Å². The molecule has 0 aliphatic carbocycles. The lowest BCUT2D eigenvalue weighted by molar-refractivity contribution is -0.384. The number of hydrogen-bond acceptors (Lipinski definition) is 4. The highest BCUT2D eigenvalue weighted by Gasteiger charge is 2.39. The van der Waals surface area contributed by atoms with Crippen molar-refractivity contribution in [2.75, 3.05) is 18.0 Å². The molecule has 1 heterocycles. The van der Waals surface area contributed by atoms with Gasteiger partial charge in [-0.05, 0) is 6.92 Å². The molecule has 17 heavy (non-hydrogen) atoms. The Bertz CT molecular complexity index is 485. The van der Waals surface area contributed by atoms with Gasteiger partial charge in [0.15, 0.2) is 0 Å². The van der Waals surface area contributed by atoms with Gasteiger partial charge in [-0.15, -0.1) is 0 Å². The van der Waals surface area contributed by atoms with Gasteiger partial charge in [0.1, 0.15) is 11.5 Å². The van der Waals surface area contributed by atoms with Crippen LogP contribution in [-0.2, 0) is 0 Å². The summed E-state index contributed by atoms with van der Waals surface area (Å²) in [6, 6.07) is 2.01. The number of nitrogens with zero attached hydrogens (tertiary/aromatic N) is 2. The third kappa shape index (κ3) is 2.18. The van der Waals surface area contributed by atoms with Gasteiger partial charge in [-0.1, -0.05) is 11.6 Å². The molecule has 0 spiro atoms. The van der Waals surface area contributed by atoms with E-state index < -0.39 is 16.3 Å². The van der Waals surface area contributed by atoms with Crippen molar-refractivity contribution in [2.45, 2.75) is 12.5 Å². The fourth-order valence-electron chi connectivity index (χ4n) is 1.87. The van der Waals surface area contributed by atoms with Crippen LogP contribution in [0.3, 0.4) is 0 Å². The van der Waals surface area contributed by atoms with Crippen molar-refractivity contribution in [2.24, 2.45) is 0 Å². The summed E-state index contributed by atoms with van der Waals surface area (Å²) in [6.45, 7) is 2.07. The zero-order chi connectivity index (χ0) is 12.8. The van der Waals surface area contributed by atoms with Gasteiger partial charge in [-0.25, -0.2) is 4.39 Å². The van der Waals surface area contributed by atoms with E-state index in [-0.39, 0.29) is 29.5 Å². The molecular weight excluding hydrogens is 251 g/mol. The maximum Gasteiger partial charge on any atom is 0.294 e. The normalized spacial score (nSPS) is 17.8. The molecule has 1 aromatic carbocycles. The maximum absolute atomic E-state index is 13.3. The Hall–Kier alpha value is -1.40. The Balaban J connectivity index is 2.39. The van der Waals surface area contributed by atoms with Crippen LogP contribution in [-0.4, -0.2) is 28.7 Å². The highest BCUT2D eigenvalue weighted by atomic mass is 35.5. The molecule has 0 saturated carbocycles. The van der Waals surface area contributed by atoms with E-state index in [0.29, 0.717) is 0 Å². The van der Waals surface area contributed by atoms with Crippen LogP contribution in [0.2, 0.25) is 5.02 Å². The number of rotatable bonds is 2. The van der Waals surface area contributed by atoms with Gasteiger partial charge in [0.05, 0.1) is 15.5 Å². The number of nitro benzene ring substituents is 1. The van der Waals surface area contributed by atoms with Crippen molar-refractivity contribution in [3.8, 4) is 0 Å². The number of anilines is 1. The van der Waals surface area contributed by atoms with Crippen LogP contribution in [0.1, 0.15) is 6.92 Å². The molecule has 5 nitrogen and oxygen atoms in total. The van der Waals surface area contributed by atoms with E-state index in [1.54, 1.807) is 6.92 Å². The third-order valence-electron chi connectivity index (χ3n) is 2.62. The highest BCUT2D eigenvalue weighted by molar-refractivity contribution is 6.31. The second-order valence-corrected chi connectivity index (χ2v) is 4.77. The number of nitro groups is 1. The fraction of sp³-hybridized carbons (Fsp3) is 0.400. The average molecular weight is 261 g/mol. The molecule has 0 amide bonds. The SMILES string of the molecule is CC1(O)CN(c2cc(F)c(Cl)cc2[N+](=O)[O-])C1. The van der Waals surface area contributed by atoms with Crippen molar-refractivity contribution < 1.29 is 14.4 Å². The number of halogens is 2. The first-order chi connectivity index (χ1) is 7.80. The minimum absolute atomic E-state index is 0.142. The minimum atomic E-state index is -0.885. The number of aliphatic hydroxyl groups is 1. The van der Waals surface area contributed by atoms with Crippen LogP contribution in [0.15, 0.2) is 12.1 Å². The first-order valence-corrected chi connectivity index (χ1v) is 5.29. The van der Waals surface area contributed by atoms with Crippen molar-refractivity contribution in [1.29, 1.82) is 0 Å². The van der Waals surface area contributed by atoms with Crippen LogP contribution in [0.4, 0.5) is 15.8 Å². The van der Waals surface area contributed by atoms with E-state index in [1.165, 1.54) is 4.90 Å². The Morgan fingerprint density at radius 3 is 2.65 bits per heavy atom. The molecule has 0 bridgehead atoms. The maximum atomic E-state index is 13.3. The first-order valence-electron chi connectivity index (χ1n) is 4.91. The van der Waals surface area contributed by atoms with Crippen LogP contribution in [0.5, 0.6) is 0 Å². The molecule has 0 aromatic heterocycles. The molecule has 1 aliphatic heterocycles. The molecule has 1 aromatic rings. The second-order valence-electron chi connectivity index (χ2n) is 4.37. The summed E-state index contributed by atoms with van der Waals surface area (Å²) in [5, 5.41) is 20.1. The van der Waals surface area contributed by atoms with Crippen molar-refractivity contribution in [3.63, 3.8) is 0 Å². The van der Waals surface area contributed by atoms with Gasteiger partial charge in [-0.3, -0.25) is 10.1 Å². The largest absolute Gasteiger partial charge is 0.386 e. The standard InChI is InChI=1S/C10H10ClFN2O3/c1-10(15)4-13(5-10)8-3-7(12)6(11)2-9(8)14(16)17/h2-3,15H,4-5H2,1H3. The molecule has 0 atom stereocenters. The Labute approximate surface area is 102 Å². The lowest BCUT2D eigenvalue weighted by Crippen LogP contribution is -2.60. The van der Waals surface area contributed by atoms with Gasteiger partial charge < -0.3 is 10.0 Å². The summed E-state index contributed by atoms with van der Waals surface area (Å²) in [6.07, 6.45) is 0. The minimum Gasteiger partial charge on any atom is -0.386 e. The summed E-state index contributed by atoms with van der Waals surface area (Å²) in [5.74, 6) is -0.709. The molecule has 1 N–H and O–H groups in total. The van der Waals surface area contributed by atoms with Crippen LogP contribution in [0.25, 0.3) is 0 Å². The smallest absolute Gasteiger partial charge is 0.294 e. The fourth-order valence-corrected chi connectivity index (χ4v) is 2.03. The zero-order valence-electron chi connectivity index (χ0n) is 8.98. The van der Waals surface area contributed by atoms with Gasteiger partial charge >= 0.3 is 0 Å². The van der Waals surface area contributed by atoms with Gasteiger partial charge in [-0.2, -0.15) is 0 Å². The van der Waals surface area contributed by atoms with Gasteiger partial charge in [0.2, 0.25) is 0 Å². The molecule has 0 unspecified atom stereocenters. The van der Waals surface area contributed by atoms with Crippen molar-refractivity contribution in [1.82, 2.24) is 0 Å². The zero-order valence-corrected chi connectivity index (χ0v) is 9.74. The summed E-state index contributed by atoms with van der Waals surface area (Å²) < 4.78 is 13.3. The molecule has 2 rings (SSSR count). The predicted octanol–water partition coefficient (Wildman–Crippen LogP) is 1.96. The van der Waals surface area contributed by atoms with E-state index in [1.807, 2.05) is 0 Å². The second kappa shape index (κ2) is 3.82. The van der Waals surface area contributed by atoms with Gasteiger partial charge in [0.25, 0.3) is 5.69 Å². The molecule has 1 fully saturated rings. The number of β-amino-alcohol motifs (C(OH)–C–C–N with tert-alkyl or cyclic N) is 1. The summed E-state index contributed by atoms with van der Waals surface area (Å²) >= 11 is 5.50. The topological polar surface area (TPSA) is 66.6 Å². The Morgan fingerprint density at radius 1 is 1.59 bits per heavy atom. The van der Waals surface area contributed by atoms with Crippen molar-refractivity contribution in [3.05, 3.63) is 33.1 Å².